The largest absolute Gasteiger partial charge is 0.493 e. The minimum atomic E-state index is -0.259. The summed E-state index contributed by atoms with van der Waals surface area (Å²) in [6, 6.07) is 5.12. The maximum Gasteiger partial charge on any atom is 0.204 e. The van der Waals surface area contributed by atoms with Gasteiger partial charge in [-0.15, -0.1) is 5.10 Å². The van der Waals surface area contributed by atoms with Crippen LogP contribution in [0.1, 0.15) is 22.4 Å². The number of hydrogen-bond donors (Lipinski definition) is 1. The average molecular weight is 406 g/mol. The van der Waals surface area contributed by atoms with Gasteiger partial charge in [0, 0.05) is 67.1 Å². The minimum Gasteiger partial charge on any atom is -0.493 e. The lowest BCUT2D eigenvalue weighted by molar-refractivity contribution is 0.356. The molecule has 154 valence electrons. The van der Waals surface area contributed by atoms with Gasteiger partial charge in [0.2, 0.25) is 5.95 Å². The van der Waals surface area contributed by atoms with Crippen LogP contribution in [-0.4, -0.2) is 27.9 Å². The lowest BCUT2D eigenvalue weighted by atomic mass is 10.0. The van der Waals surface area contributed by atoms with Gasteiger partial charge in [0.1, 0.15) is 11.6 Å². The average Bonchev–Trinajstić information content (AvgIpc) is 3.19. The number of halogens is 1. The summed E-state index contributed by atoms with van der Waals surface area (Å²) in [6.45, 7) is 8.31. The fraction of sp³-hybridized carbons (Fsp3) is 0.273. The van der Waals surface area contributed by atoms with E-state index in [1.54, 1.807) is 23.0 Å². The lowest BCUT2D eigenvalue weighted by Gasteiger charge is -2.15. The van der Waals surface area contributed by atoms with Crippen LogP contribution in [0.2, 0.25) is 0 Å². The number of benzene rings is 1. The molecule has 0 atom stereocenters. The molecule has 0 aliphatic carbocycles. The normalized spacial score (nSPS) is 13.1. The third kappa shape index (κ3) is 3.56. The monoisotopic (exact) mass is 406 g/mol. The van der Waals surface area contributed by atoms with Crippen LogP contribution in [-0.2, 0) is 20.0 Å². The summed E-state index contributed by atoms with van der Waals surface area (Å²) in [6.07, 6.45) is 4.23. The van der Waals surface area contributed by atoms with Gasteiger partial charge >= 0.3 is 0 Å². The van der Waals surface area contributed by atoms with Crippen LogP contribution in [0.3, 0.4) is 0 Å². The SMILES string of the molecule is C=N/N=c1/c(-c2cnc(C)cc2C)cnc(NCc2c(F)ccc3c2CCO3)n1C. The second-order valence-corrected chi connectivity index (χ2v) is 7.21. The van der Waals surface area contributed by atoms with Crippen LogP contribution in [0.25, 0.3) is 11.1 Å². The van der Waals surface area contributed by atoms with Gasteiger partial charge in [-0.25, -0.2) is 9.37 Å². The van der Waals surface area contributed by atoms with E-state index < -0.39 is 0 Å². The van der Waals surface area contributed by atoms with Crippen LogP contribution in [0, 0.1) is 19.7 Å². The van der Waals surface area contributed by atoms with E-state index in [0.29, 0.717) is 30.0 Å². The van der Waals surface area contributed by atoms with Crippen molar-refractivity contribution in [2.24, 2.45) is 17.3 Å². The van der Waals surface area contributed by atoms with E-state index in [4.69, 9.17) is 4.74 Å². The van der Waals surface area contributed by atoms with Crippen molar-refractivity contribution in [1.29, 1.82) is 0 Å². The van der Waals surface area contributed by atoms with Gasteiger partial charge in [0.25, 0.3) is 0 Å². The predicted molar refractivity (Wildman–Crippen MR) is 114 cm³/mol. The number of aryl methyl sites for hydroxylation is 2. The van der Waals surface area contributed by atoms with Gasteiger partial charge in [-0.1, -0.05) is 0 Å². The molecule has 3 aromatic rings. The molecule has 3 heterocycles. The van der Waals surface area contributed by atoms with E-state index in [2.05, 4.69) is 32.2 Å². The summed E-state index contributed by atoms with van der Waals surface area (Å²) in [5.74, 6) is 1.02. The number of rotatable bonds is 5. The van der Waals surface area contributed by atoms with E-state index in [1.165, 1.54) is 6.07 Å². The number of nitrogens with zero attached hydrogens (tertiary/aromatic N) is 5. The Hall–Kier alpha value is -3.55. The van der Waals surface area contributed by atoms with E-state index in [0.717, 1.165) is 33.7 Å². The van der Waals surface area contributed by atoms with Gasteiger partial charge in [0.05, 0.1) is 6.61 Å². The quantitative estimate of drug-likeness (QED) is 0.521. The fourth-order valence-electron chi connectivity index (χ4n) is 3.75. The van der Waals surface area contributed by atoms with Crippen molar-refractivity contribution < 1.29 is 9.13 Å². The Morgan fingerprint density at radius 3 is 2.80 bits per heavy atom. The van der Waals surface area contributed by atoms with Gasteiger partial charge in [-0.05, 0) is 37.6 Å². The van der Waals surface area contributed by atoms with Crippen molar-refractivity contribution in [3.05, 3.63) is 64.3 Å². The molecule has 0 spiro atoms. The molecule has 1 aliphatic rings. The van der Waals surface area contributed by atoms with Crippen LogP contribution < -0.4 is 15.5 Å². The molecule has 1 aliphatic heterocycles. The number of aromatic nitrogens is 3. The Labute approximate surface area is 174 Å². The number of ether oxygens (including phenoxy) is 1. The summed E-state index contributed by atoms with van der Waals surface area (Å²) in [5, 5.41) is 11.2. The van der Waals surface area contributed by atoms with E-state index >= 15 is 0 Å². The predicted octanol–water partition coefficient (Wildman–Crippen LogP) is 3.30. The number of nitrogens with one attached hydrogen (secondary N) is 1. The highest BCUT2D eigenvalue weighted by molar-refractivity contribution is 5.65. The Kier molecular flexibility index (Phi) is 5.31. The minimum absolute atomic E-state index is 0.259. The molecule has 1 N–H and O–H groups in total. The Bertz CT molecular complexity index is 1200. The lowest BCUT2D eigenvalue weighted by Crippen LogP contribution is -2.25. The highest BCUT2D eigenvalue weighted by Crippen LogP contribution is 2.30. The van der Waals surface area contributed by atoms with E-state index in [9.17, 15) is 4.39 Å². The van der Waals surface area contributed by atoms with Crippen molar-refractivity contribution in [2.45, 2.75) is 26.8 Å². The molecule has 0 amide bonds. The van der Waals surface area contributed by atoms with Crippen LogP contribution in [0.15, 0.2) is 40.8 Å². The maximum atomic E-state index is 14.4. The Morgan fingerprint density at radius 1 is 1.23 bits per heavy atom. The van der Waals surface area contributed by atoms with Crippen molar-refractivity contribution in [3.63, 3.8) is 0 Å². The molecule has 7 nitrogen and oxygen atoms in total. The highest BCUT2D eigenvalue weighted by Gasteiger charge is 2.20. The van der Waals surface area contributed by atoms with Gasteiger partial charge in [0.15, 0.2) is 5.49 Å². The zero-order valence-electron chi connectivity index (χ0n) is 17.2. The first-order valence-corrected chi connectivity index (χ1v) is 9.66. The summed E-state index contributed by atoms with van der Waals surface area (Å²) < 4.78 is 21.8. The number of hydrogen-bond acceptors (Lipinski definition) is 6. The molecule has 1 aromatic carbocycles. The third-order valence-corrected chi connectivity index (χ3v) is 5.26. The molecule has 2 aromatic heterocycles. The summed E-state index contributed by atoms with van der Waals surface area (Å²) in [4.78, 5) is 8.94. The first kappa shape index (κ1) is 19.8. The zero-order valence-corrected chi connectivity index (χ0v) is 17.2. The molecule has 0 bridgehead atoms. The molecule has 4 rings (SSSR count). The van der Waals surface area contributed by atoms with E-state index in [1.807, 2.05) is 27.0 Å². The molecular weight excluding hydrogens is 383 g/mol. The molecule has 0 fully saturated rings. The summed E-state index contributed by atoms with van der Waals surface area (Å²) >= 11 is 0. The third-order valence-electron chi connectivity index (χ3n) is 5.26. The molecule has 0 unspecified atom stereocenters. The molecule has 0 radical (unpaired) electrons. The van der Waals surface area contributed by atoms with E-state index in [-0.39, 0.29) is 12.4 Å². The Morgan fingerprint density at radius 2 is 2.03 bits per heavy atom. The van der Waals surface area contributed by atoms with Crippen molar-refractivity contribution in [1.82, 2.24) is 14.5 Å². The number of fused-ring (bicyclic) bond motifs is 1. The zero-order chi connectivity index (χ0) is 21.3. The number of anilines is 1. The molecule has 0 saturated carbocycles. The highest BCUT2D eigenvalue weighted by atomic mass is 19.1. The van der Waals surface area contributed by atoms with Gasteiger partial charge < -0.3 is 10.1 Å². The molecular formula is C22H23FN6O. The first-order chi connectivity index (χ1) is 14.5. The summed E-state index contributed by atoms with van der Waals surface area (Å²) in [5.41, 5.74) is 5.79. The molecule has 0 saturated heterocycles. The standard InChI is InChI=1S/C22H23FN6O/c1-13-9-14(2)25-10-16(13)18-12-27-22(29(4)21(18)28-24-3)26-11-17-15-7-8-30-20(15)6-5-19(17)23/h5-6,9-10,12H,3,7-8,11H2,1-2,4H3,(H,26,27)/b28-21-. The van der Waals surface area contributed by atoms with Crippen molar-refractivity contribution in [2.75, 3.05) is 11.9 Å². The molecule has 30 heavy (non-hydrogen) atoms. The summed E-state index contributed by atoms with van der Waals surface area (Å²) in [7, 11) is 1.83. The van der Waals surface area contributed by atoms with Crippen molar-refractivity contribution >= 4 is 12.7 Å². The van der Waals surface area contributed by atoms with Crippen LogP contribution in [0.4, 0.5) is 10.3 Å². The van der Waals surface area contributed by atoms with Crippen LogP contribution >= 0.6 is 0 Å². The molecule has 8 heteroatoms. The number of pyridine rings is 1. The first-order valence-electron chi connectivity index (χ1n) is 9.66. The second kappa shape index (κ2) is 8.06. The fourth-order valence-corrected chi connectivity index (χ4v) is 3.75. The topological polar surface area (TPSA) is 76.7 Å². The smallest absolute Gasteiger partial charge is 0.204 e. The Balaban J connectivity index is 1.71. The van der Waals surface area contributed by atoms with Gasteiger partial charge in [-0.3, -0.25) is 9.55 Å². The maximum absolute atomic E-state index is 14.4. The van der Waals surface area contributed by atoms with Crippen molar-refractivity contribution in [3.8, 4) is 16.9 Å². The van der Waals surface area contributed by atoms with Crippen LogP contribution in [0.5, 0.6) is 5.75 Å². The second-order valence-electron chi connectivity index (χ2n) is 7.21. The van der Waals surface area contributed by atoms with Gasteiger partial charge in [-0.2, -0.15) is 5.10 Å².